The average Bonchev–Trinajstić information content (AvgIpc) is 2.61. The maximum Gasteiger partial charge on any atom is 0.254 e. The van der Waals surface area contributed by atoms with E-state index >= 15 is 0 Å². The second-order valence-corrected chi connectivity index (χ2v) is 7.12. The molecule has 26 heavy (non-hydrogen) atoms. The van der Waals surface area contributed by atoms with Gasteiger partial charge < -0.3 is 10.2 Å². The van der Waals surface area contributed by atoms with Gasteiger partial charge in [0, 0.05) is 28.8 Å². The zero-order valence-electron chi connectivity index (χ0n) is 15.1. The van der Waals surface area contributed by atoms with Crippen molar-refractivity contribution in [3.05, 3.63) is 76.3 Å². The van der Waals surface area contributed by atoms with E-state index in [1.165, 1.54) is 0 Å². The van der Waals surface area contributed by atoms with Crippen LogP contribution in [0.2, 0.25) is 0 Å². The van der Waals surface area contributed by atoms with E-state index < -0.39 is 0 Å². The molecule has 4 nitrogen and oxygen atoms in total. The van der Waals surface area contributed by atoms with Gasteiger partial charge in [-0.05, 0) is 49.7 Å². The number of carbonyl (C=O) groups is 2. The summed E-state index contributed by atoms with van der Waals surface area (Å²) in [6.45, 7) is 8.83. The van der Waals surface area contributed by atoms with Gasteiger partial charge >= 0.3 is 0 Å². The lowest BCUT2D eigenvalue weighted by Crippen LogP contribution is -2.32. The molecule has 5 heteroatoms. The summed E-state index contributed by atoms with van der Waals surface area (Å²) in [5.41, 5.74) is 3.02. The standard InChI is InChI=1S/C21H23BrN2O2/c1-4-24(14-15(2)3)21(26)17-6-5-7-19(13-17)23-20(25)12-16-8-10-18(22)11-9-16/h5-11,13H,2,4,12,14H2,1,3H3,(H,23,25). The van der Waals surface area contributed by atoms with Crippen LogP contribution < -0.4 is 5.32 Å². The number of halogens is 1. The summed E-state index contributed by atoms with van der Waals surface area (Å²) in [7, 11) is 0. The van der Waals surface area contributed by atoms with Crippen molar-refractivity contribution in [2.45, 2.75) is 20.3 Å². The number of likely N-dealkylation sites (N-methyl/N-ethyl adjacent to an activating group) is 1. The number of anilines is 1. The largest absolute Gasteiger partial charge is 0.335 e. The van der Waals surface area contributed by atoms with Crippen LogP contribution >= 0.6 is 15.9 Å². The molecule has 0 saturated heterocycles. The first-order valence-corrected chi connectivity index (χ1v) is 9.26. The van der Waals surface area contributed by atoms with Crippen LogP contribution in [0.3, 0.4) is 0 Å². The molecule has 0 aromatic heterocycles. The number of benzene rings is 2. The van der Waals surface area contributed by atoms with Crippen LogP contribution in [0, 0.1) is 0 Å². The summed E-state index contributed by atoms with van der Waals surface area (Å²) < 4.78 is 0.975. The van der Waals surface area contributed by atoms with Gasteiger partial charge in [0.15, 0.2) is 0 Å². The van der Waals surface area contributed by atoms with Crippen molar-refractivity contribution in [2.75, 3.05) is 18.4 Å². The van der Waals surface area contributed by atoms with Crippen LogP contribution in [-0.4, -0.2) is 29.8 Å². The summed E-state index contributed by atoms with van der Waals surface area (Å²) in [5, 5.41) is 2.86. The highest BCUT2D eigenvalue weighted by Crippen LogP contribution is 2.15. The van der Waals surface area contributed by atoms with Crippen LogP contribution in [0.15, 0.2) is 65.2 Å². The first-order valence-electron chi connectivity index (χ1n) is 8.47. The van der Waals surface area contributed by atoms with Crippen LogP contribution in [-0.2, 0) is 11.2 Å². The predicted octanol–water partition coefficient (Wildman–Crippen LogP) is 4.67. The molecule has 0 atom stereocenters. The Hall–Kier alpha value is -2.40. The maximum atomic E-state index is 12.6. The first kappa shape index (κ1) is 19.9. The minimum absolute atomic E-state index is 0.0699. The molecule has 2 amide bonds. The molecule has 2 aromatic carbocycles. The first-order chi connectivity index (χ1) is 12.4. The molecule has 0 aliphatic rings. The van der Waals surface area contributed by atoms with E-state index in [1.807, 2.05) is 38.1 Å². The van der Waals surface area contributed by atoms with Crippen molar-refractivity contribution in [3.8, 4) is 0 Å². The van der Waals surface area contributed by atoms with Crippen molar-refractivity contribution in [2.24, 2.45) is 0 Å². The zero-order chi connectivity index (χ0) is 19.1. The normalized spacial score (nSPS) is 10.3. The molecule has 0 spiro atoms. The molecular formula is C21H23BrN2O2. The van der Waals surface area contributed by atoms with Gasteiger partial charge in [0.25, 0.3) is 5.91 Å². The lowest BCUT2D eigenvalue weighted by Gasteiger charge is -2.21. The van der Waals surface area contributed by atoms with Crippen molar-refractivity contribution < 1.29 is 9.59 Å². The van der Waals surface area contributed by atoms with Crippen LogP contribution in [0.5, 0.6) is 0 Å². The van der Waals surface area contributed by atoms with E-state index in [1.54, 1.807) is 29.2 Å². The topological polar surface area (TPSA) is 49.4 Å². The van der Waals surface area contributed by atoms with E-state index in [9.17, 15) is 9.59 Å². The van der Waals surface area contributed by atoms with E-state index in [4.69, 9.17) is 0 Å². The summed E-state index contributed by atoms with van der Waals surface area (Å²) in [5.74, 6) is -0.189. The monoisotopic (exact) mass is 414 g/mol. The Kier molecular flexibility index (Phi) is 7.16. The van der Waals surface area contributed by atoms with Crippen LogP contribution in [0.4, 0.5) is 5.69 Å². The Morgan fingerprint density at radius 1 is 1.15 bits per heavy atom. The van der Waals surface area contributed by atoms with Crippen LogP contribution in [0.25, 0.3) is 0 Å². The van der Waals surface area contributed by atoms with Gasteiger partial charge in [0.1, 0.15) is 0 Å². The van der Waals surface area contributed by atoms with E-state index in [0.29, 0.717) is 24.3 Å². The summed E-state index contributed by atoms with van der Waals surface area (Å²) in [6, 6.07) is 14.6. The molecule has 2 aromatic rings. The molecule has 1 N–H and O–H groups in total. The number of hydrogen-bond acceptors (Lipinski definition) is 2. The van der Waals surface area contributed by atoms with Crippen molar-refractivity contribution >= 4 is 33.4 Å². The smallest absolute Gasteiger partial charge is 0.254 e. The highest BCUT2D eigenvalue weighted by molar-refractivity contribution is 9.10. The SMILES string of the molecule is C=C(C)CN(CC)C(=O)c1cccc(NC(=O)Cc2ccc(Br)cc2)c1. The molecule has 0 heterocycles. The minimum atomic E-state index is -0.119. The molecule has 2 rings (SSSR count). The van der Waals surface area contributed by atoms with Gasteiger partial charge in [-0.3, -0.25) is 9.59 Å². The number of rotatable bonds is 7. The molecule has 0 fully saturated rings. The Balaban J connectivity index is 2.05. The summed E-state index contributed by atoms with van der Waals surface area (Å²) in [6.07, 6.45) is 0.280. The number of nitrogens with zero attached hydrogens (tertiary/aromatic N) is 1. The van der Waals surface area contributed by atoms with Crippen molar-refractivity contribution in [1.82, 2.24) is 4.90 Å². The van der Waals surface area contributed by atoms with Crippen molar-refractivity contribution in [1.29, 1.82) is 0 Å². The Labute approximate surface area is 163 Å². The van der Waals surface area contributed by atoms with E-state index in [0.717, 1.165) is 15.6 Å². The Morgan fingerprint density at radius 3 is 2.46 bits per heavy atom. The molecule has 0 aliphatic heterocycles. The molecule has 0 aliphatic carbocycles. The van der Waals surface area contributed by atoms with Gasteiger partial charge in [-0.1, -0.05) is 46.3 Å². The van der Waals surface area contributed by atoms with Gasteiger partial charge in [0.05, 0.1) is 6.42 Å². The number of hydrogen-bond donors (Lipinski definition) is 1. The quantitative estimate of drug-likeness (QED) is 0.669. The molecule has 0 saturated carbocycles. The Morgan fingerprint density at radius 2 is 1.85 bits per heavy atom. The van der Waals surface area contributed by atoms with Gasteiger partial charge in [0.2, 0.25) is 5.91 Å². The second-order valence-electron chi connectivity index (χ2n) is 6.21. The minimum Gasteiger partial charge on any atom is -0.335 e. The fraction of sp³-hybridized carbons (Fsp3) is 0.238. The predicted molar refractivity (Wildman–Crippen MR) is 109 cm³/mol. The van der Waals surface area contributed by atoms with Gasteiger partial charge in [-0.15, -0.1) is 0 Å². The van der Waals surface area contributed by atoms with Gasteiger partial charge in [-0.2, -0.15) is 0 Å². The van der Waals surface area contributed by atoms with Crippen molar-refractivity contribution in [3.63, 3.8) is 0 Å². The number of amides is 2. The molecular weight excluding hydrogens is 392 g/mol. The highest BCUT2D eigenvalue weighted by atomic mass is 79.9. The zero-order valence-corrected chi connectivity index (χ0v) is 16.7. The molecule has 0 unspecified atom stereocenters. The molecule has 0 radical (unpaired) electrons. The van der Waals surface area contributed by atoms with E-state index in [-0.39, 0.29) is 18.2 Å². The Bertz CT molecular complexity index is 800. The van der Waals surface area contributed by atoms with Crippen LogP contribution in [0.1, 0.15) is 29.8 Å². The fourth-order valence-corrected chi connectivity index (χ4v) is 2.82. The fourth-order valence-electron chi connectivity index (χ4n) is 2.56. The van der Waals surface area contributed by atoms with E-state index in [2.05, 4.69) is 27.8 Å². The average molecular weight is 415 g/mol. The molecule has 0 bridgehead atoms. The lowest BCUT2D eigenvalue weighted by molar-refractivity contribution is -0.115. The highest BCUT2D eigenvalue weighted by Gasteiger charge is 2.15. The summed E-state index contributed by atoms with van der Waals surface area (Å²) in [4.78, 5) is 26.6. The summed E-state index contributed by atoms with van der Waals surface area (Å²) >= 11 is 3.38. The second kappa shape index (κ2) is 9.34. The third kappa shape index (κ3) is 5.85. The van der Waals surface area contributed by atoms with Gasteiger partial charge in [-0.25, -0.2) is 0 Å². The number of nitrogens with one attached hydrogen (secondary N) is 1. The third-order valence-corrected chi connectivity index (χ3v) is 4.33. The lowest BCUT2D eigenvalue weighted by atomic mass is 10.1. The third-order valence-electron chi connectivity index (χ3n) is 3.80. The number of carbonyl (C=O) groups excluding carboxylic acids is 2. The maximum absolute atomic E-state index is 12.6. The molecule has 136 valence electrons.